The summed E-state index contributed by atoms with van der Waals surface area (Å²) in [4.78, 5) is 11.8. The zero-order valence-electron chi connectivity index (χ0n) is 10.9. The third-order valence-corrected chi connectivity index (χ3v) is 6.04. The SMILES string of the molecule is CS(=O)(=O)CCS(=O)(=O)N1CCC(=O)c2ccccc21. The van der Waals surface area contributed by atoms with Crippen molar-refractivity contribution in [2.24, 2.45) is 0 Å². The van der Waals surface area contributed by atoms with Crippen LogP contribution in [0, 0.1) is 0 Å². The van der Waals surface area contributed by atoms with E-state index in [9.17, 15) is 21.6 Å². The number of carbonyl (C=O) groups excluding carboxylic acids is 1. The highest BCUT2D eigenvalue weighted by molar-refractivity contribution is 7.95. The molecule has 8 heteroatoms. The lowest BCUT2D eigenvalue weighted by Gasteiger charge is -2.29. The Hall–Kier alpha value is -1.41. The van der Waals surface area contributed by atoms with Crippen LogP contribution in [0.5, 0.6) is 0 Å². The van der Waals surface area contributed by atoms with Crippen LogP contribution in [0.25, 0.3) is 0 Å². The molecule has 0 amide bonds. The zero-order chi connectivity index (χ0) is 15.0. The number of hydrogen-bond donors (Lipinski definition) is 0. The van der Waals surface area contributed by atoms with Gasteiger partial charge in [-0.2, -0.15) is 0 Å². The lowest BCUT2D eigenvalue weighted by Crippen LogP contribution is -2.40. The van der Waals surface area contributed by atoms with Gasteiger partial charge in [0.15, 0.2) is 5.78 Å². The molecule has 1 aliphatic rings. The van der Waals surface area contributed by atoms with Crippen molar-refractivity contribution in [3.05, 3.63) is 29.8 Å². The van der Waals surface area contributed by atoms with Gasteiger partial charge in [0.05, 0.1) is 17.2 Å². The Balaban J connectivity index is 2.34. The molecule has 0 fully saturated rings. The van der Waals surface area contributed by atoms with Crippen molar-refractivity contribution in [2.45, 2.75) is 6.42 Å². The van der Waals surface area contributed by atoms with Gasteiger partial charge in [0.1, 0.15) is 9.84 Å². The Labute approximate surface area is 118 Å². The van der Waals surface area contributed by atoms with Crippen molar-refractivity contribution in [3.63, 3.8) is 0 Å². The maximum absolute atomic E-state index is 12.3. The lowest BCUT2D eigenvalue weighted by molar-refractivity contribution is 0.0982. The second-order valence-corrected chi connectivity index (χ2v) is 8.98. The molecular weight excluding hydrogens is 302 g/mol. The van der Waals surface area contributed by atoms with E-state index in [1.807, 2.05) is 0 Å². The van der Waals surface area contributed by atoms with E-state index in [1.165, 1.54) is 0 Å². The van der Waals surface area contributed by atoms with E-state index in [2.05, 4.69) is 0 Å². The van der Waals surface area contributed by atoms with Gasteiger partial charge >= 0.3 is 0 Å². The minimum absolute atomic E-state index is 0.0575. The summed E-state index contributed by atoms with van der Waals surface area (Å²) in [6.07, 6.45) is 1.10. The Bertz CT molecular complexity index is 737. The first-order valence-electron chi connectivity index (χ1n) is 6.01. The summed E-state index contributed by atoms with van der Waals surface area (Å²) < 4.78 is 47.9. The number of fused-ring (bicyclic) bond motifs is 1. The van der Waals surface area contributed by atoms with Gasteiger partial charge < -0.3 is 0 Å². The van der Waals surface area contributed by atoms with E-state index in [0.717, 1.165) is 10.6 Å². The van der Waals surface area contributed by atoms with E-state index in [-0.39, 0.29) is 18.7 Å². The molecule has 1 aromatic rings. The molecule has 0 unspecified atom stereocenters. The standard InChI is InChI=1S/C12H15NO5S2/c1-19(15,16)8-9-20(17,18)13-7-6-12(14)10-4-2-3-5-11(10)13/h2-5H,6-9H2,1H3. The highest BCUT2D eigenvalue weighted by Crippen LogP contribution is 2.29. The fourth-order valence-corrected chi connectivity index (χ4v) is 5.14. The molecule has 0 spiro atoms. The zero-order valence-corrected chi connectivity index (χ0v) is 12.6. The third kappa shape index (κ3) is 3.18. The van der Waals surface area contributed by atoms with Crippen LogP contribution in [0.3, 0.4) is 0 Å². The van der Waals surface area contributed by atoms with Crippen molar-refractivity contribution < 1.29 is 21.6 Å². The van der Waals surface area contributed by atoms with E-state index in [4.69, 9.17) is 0 Å². The first-order valence-corrected chi connectivity index (χ1v) is 9.68. The molecule has 1 heterocycles. The number of anilines is 1. The molecule has 1 aliphatic heterocycles. The quantitative estimate of drug-likeness (QED) is 0.804. The molecule has 6 nitrogen and oxygen atoms in total. The summed E-state index contributed by atoms with van der Waals surface area (Å²) in [7, 11) is -7.11. The Morgan fingerprint density at radius 1 is 1.10 bits per heavy atom. The Morgan fingerprint density at radius 3 is 2.40 bits per heavy atom. The predicted octanol–water partition coefficient (Wildman–Crippen LogP) is 0.454. The number of nitrogens with zero attached hydrogens (tertiary/aromatic N) is 1. The molecule has 0 N–H and O–H groups in total. The number of sulfonamides is 1. The van der Waals surface area contributed by atoms with Gasteiger partial charge in [-0.25, -0.2) is 16.8 Å². The highest BCUT2D eigenvalue weighted by atomic mass is 32.2. The van der Waals surface area contributed by atoms with Crippen LogP contribution in [0.15, 0.2) is 24.3 Å². The molecule has 0 atom stereocenters. The fourth-order valence-electron chi connectivity index (χ4n) is 2.04. The number of sulfone groups is 1. The molecule has 0 aromatic heterocycles. The second-order valence-electron chi connectivity index (χ2n) is 4.71. The summed E-state index contributed by atoms with van der Waals surface area (Å²) in [5.74, 6) is -1.01. The smallest absolute Gasteiger partial charge is 0.236 e. The first-order chi connectivity index (χ1) is 9.21. The van der Waals surface area contributed by atoms with E-state index in [1.54, 1.807) is 24.3 Å². The second kappa shape index (κ2) is 5.17. The fraction of sp³-hybridized carbons (Fsp3) is 0.417. The number of Topliss-reactive ketones (excluding diaryl/α,β-unsaturated/α-hetero) is 1. The summed E-state index contributed by atoms with van der Waals surface area (Å²) in [6, 6.07) is 6.46. The maximum Gasteiger partial charge on any atom is 0.236 e. The van der Waals surface area contributed by atoms with Crippen LogP contribution in [-0.2, 0) is 19.9 Å². The van der Waals surface area contributed by atoms with Crippen LogP contribution < -0.4 is 4.31 Å². The molecule has 0 radical (unpaired) electrons. The minimum Gasteiger partial charge on any atom is -0.294 e. The minimum atomic E-state index is -3.75. The van der Waals surface area contributed by atoms with Crippen LogP contribution in [0.2, 0.25) is 0 Å². The maximum atomic E-state index is 12.3. The topological polar surface area (TPSA) is 88.6 Å². The summed E-state index contributed by atoms with van der Waals surface area (Å²) >= 11 is 0. The largest absolute Gasteiger partial charge is 0.294 e. The number of rotatable bonds is 4. The van der Waals surface area contributed by atoms with Crippen LogP contribution in [-0.4, -0.2) is 46.9 Å². The molecule has 2 rings (SSSR count). The van der Waals surface area contributed by atoms with Gasteiger partial charge in [0.25, 0.3) is 0 Å². The van der Waals surface area contributed by atoms with Gasteiger partial charge in [-0.15, -0.1) is 0 Å². The third-order valence-electron chi connectivity index (χ3n) is 3.06. The van der Waals surface area contributed by atoms with Crippen molar-refractivity contribution in [1.82, 2.24) is 0 Å². The molecule has 1 aromatic carbocycles. The molecular formula is C12H15NO5S2. The number of hydrogen-bond acceptors (Lipinski definition) is 5. The Morgan fingerprint density at radius 2 is 1.75 bits per heavy atom. The summed E-state index contributed by atoms with van der Waals surface area (Å²) in [5.41, 5.74) is 0.693. The predicted molar refractivity (Wildman–Crippen MR) is 76.2 cm³/mol. The molecule has 20 heavy (non-hydrogen) atoms. The molecule has 110 valence electrons. The highest BCUT2D eigenvalue weighted by Gasteiger charge is 2.31. The molecule has 0 bridgehead atoms. The average molecular weight is 317 g/mol. The number of para-hydroxylation sites is 1. The van der Waals surface area contributed by atoms with E-state index >= 15 is 0 Å². The molecule has 0 aliphatic carbocycles. The van der Waals surface area contributed by atoms with Gasteiger partial charge in [-0.05, 0) is 12.1 Å². The number of carbonyl (C=O) groups is 1. The van der Waals surface area contributed by atoms with Crippen molar-refractivity contribution >= 4 is 31.3 Å². The summed E-state index contributed by atoms with van der Waals surface area (Å²) in [6.45, 7) is 0.0575. The molecule has 0 saturated heterocycles. The van der Waals surface area contributed by atoms with E-state index < -0.39 is 31.4 Å². The average Bonchev–Trinajstić information content (AvgIpc) is 2.36. The van der Waals surface area contributed by atoms with Crippen molar-refractivity contribution in [2.75, 3.05) is 28.6 Å². The van der Waals surface area contributed by atoms with Crippen LogP contribution in [0.4, 0.5) is 5.69 Å². The van der Waals surface area contributed by atoms with Crippen molar-refractivity contribution in [3.8, 4) is 0 Å². The van der Waals surface area contributed by atoms with Gasteiger partial charge in [0.2, 0.25) is 10.0 Å². The summed E-state index contributed by atoms with van der Waals surface area (Å²) in [5, 5.41) is 0. The lowest BCUT2D eigenvalue weighted by atomic mass is 10.0. The van der Waals surface area contributed by atoms with Crippen LogP contribution in [0.1, 0.15) is 16.8 Å². The van der Waals surface area contributed by atoms with Crippen LogP contribution >= 0.6 is 0 Å². The van der Waals surface area contributed by atoms with Gasteiger partial charge in [0, 0.05) is 24.8 Å². The number of ketones is 1. The Kier molecular flexibility index (Phi) is 3.88. The van der Waals surface area contributed by atoms with Gasteiger partial charge in [-0.3, -0.25) is 9.10 Å². The van der Waals surface area contributed by atoms with Crippen molar-refractivity contribution in [1.29, 1.82) is 0 Å². The first kappa shape index (κ1) is 15.0. The van der Waals surface area contributed by atoms with E-state index in [0.29, 0.717) is 11.3 Å². The molecule has 0 saturated carbocycles. The van der Waals surface area contributed by atoms with Gasteiger partial charge in [-0.1, -0.05) is 12.1 Å². The monoisotopic (exact) mass is 317 g/mol. The number of benzene rings is 1. The normalized spacial score (nSPS) is 16.1.